The number of halogens is 3. The molecule has 3 N–H and O–H groups in total. The molecule has 0 radical (unpaired) electrons. The van der Waals surface area contributed by atoms with Crippen molar-refractivity contribution < 1.29 is 18.0 Å². The molecule has 1 aromatic heterocycles. The Hall–Kier alpha value is -1.63. The number of hydrogen-bond donors (Lipinski definition) is 2. The van der Waals surface area contributed by atoms with Gasteiger partial charge in [-0.3, -0.25) is 9.78 Å². The van der Waals surface area contributed by atoms with Gasteiger partial charge in [-0.25, -0.2) is 0 Å². The summed E-state index contributed by atoms with van der Waals surface area (Å²) < 4.78 is 37.2. The first-order valence-electron chi connectivity index (χ1n) is 6.95. The summed E-state index contributed by atoms with van der Waals surface area (Å²) in [7, 11) is 0. The molecule has 1 aliphatic rings. The molecular weight excluding hydrogens is 283 g/mol. The lowest BCUT2D eigenvalue weighted by molar-refractivity contribution is -0.137. The first-order chi connectivity index (χ1) is 9.88. The van der Waals surface area contributed by atoms with Gasteiger partial charge in [0.2, 0.25) is 0 Å². The van der Waals surface area contributed by atoms with Gasteiger partial charge in [0.05, 0.1) is 5.56 Å². The number of rotatable bonds is 3. The van der Waals surface area contributed by atoms with Gasteiger partial charge in [-0.05, 0) is 30.9 Å². The van der Waals surface area contributed by atoms with E-state index in [2.05, 4.69) is 10.3 Å². The molecule has 1 heterocycles. The van der Waals surface area contributed by atoms with Crippen LogP contribution in [0, 0.1) is 5.92 Å². The fourth-order valence-electron chi connectivity index (χ4n) is 2.50. The van der Waals surface area contributed by atoms with Gasteiger partial charge in [-0.15, -0.1) is 0 Å². The average Bonchev–Trinajstić information content (AvgIpc) is 2.45. The lowest BCUT2D eigenvalue weighted by Crippen LogP contribution is -2.41. The Morgan fingerprint density at radius 1 is 1.33 bits per heavy atom. The van der Waals surface area contributed by atoms with Crippen molar-refractivity contribution in [2.45, 2.75) is 37.9 Å². The van der Waals surface area contributed by atoms with E-state index < -0.39 is 17.6 Å². The maximum atomic E-state index is 12.4. The van der Waals surface area contributed by atoms with Crippen LogP contribution in [-0.4, -0.2) is 23.5 Å². The SMILES string of the molecule is NC1CCCCC1CNC(=O)c1ccc(C(F)(F)F)cn1. The lowest BCUT2D eigenvalue weighted by Gasteiger charge is -2.28. The monoisotopic (exact) mass is 301 g/mol. The van der Waals surface area contributed by atoms with Crippen LogP contribution in [0.5, 0.6) is 0 Å². The number of carbonyl (C=O) groups is 1. The topological polar surface area (TPSA) is 68.0 Å². The zero-order valence-electron chi connectivity index (χ0n) is 11.5. The molecule has 1 aliphatic carbocycles. The molecule has 2 atom stereocenters. The van der Waals surface area contributed by atoms with Gasteiger partial charge in [0, 0.05) is 18.8 Å². The second-order valence-corrected chi connectivity index (χ2v) is 5.35. The highest BCUT2D eigenvalue weighted by molar-refractivity contribution is 5.92. The quantitative estimate of drug-likeness (QED) is 0.900. The summed E-state index contributed by atoms with van der Waals surface area (Å²) in [4.78, 5) is 15.4. The maximum Gasteiger partial charge on any atom is 0.417 e. The fraction of sp³-hybridized carbons (Fsp3) is 0.571. The van der Waals surface area contributed by atoms with Crippen LogP contribution in [0.2, 0.25) is 0 Å². The molecule has 7 heteroatoms. The smallest absolute Gasteiger partial charge is 0.350 e. The normalized spacial score (nSPS) is 22.9. The van der Waals surface area contributed by atoms with Crippen molar-refractivity contribution in [1.29, 1.82) is 0 Å². The first kappa shape index (κ1) is 15.8. The standard InChI is InChI=1S/C14H18F3N3O/c15-14(16,17)10-5-6-12(19-8-10)13(21)20-7-9-3-1-2-4-11(9)18/h5-6,8-9,11H,1-4,7,18H2,(H,20,21). The van der Waals surface area contributed by atoms with Gasteiger partial charge in [-0.2, -0.15) is 13.2 Å². The largest absolute Gasteiger partial charge is 0.417 e. The summed E-state index contributed by atoms with van der Waals surface area (Å²) in [5.74, 6) is -0.251. The Kier molecular flexibility index (Phi) is 4.82. The molecule has 2 rings (SSSR count). The van der Waals surface area contributed by atoms with Crippen LogP contribution in [0.15, 0.2) is 18.3 Å². The van der Waals surface area contributed by atoms with Crippen molar-refractivity contribution >= 4 is 5.91 Å². The van der Waals surface area contributed by atoms with Crippen molar-refractivity contribution in [1.82, 2.24) is 10.3 Å². The summed E-state index contributed by atoms with van der Waals surface area (Å²) in [6.45, 7) is 0.433. The second-order valence-electron chi connectivity index (χ2n) is 5.35. The summed E-state index contributed by atoms with van der Waals surface area (Å²) in [5, 5.41) is 2.69. The number of pyridine rings is 1. The summed E-state index contributed by atoms with van der Waals surface area (Å²) in [6.07, 6.45) is 0.317. The Labute approximate surface area is 120 Å². The molecule has 0 saturated heterocycles. The minimum absolute atomic E-state index is 0.0209. The van der Waals surface area contributed by atoms with Gasteiger partial charge >= 0.3 is 6.18 Å². The maximum absolute atomic E-state index is 12.4. The van der Waals surface area contributed by atoms with Crippen LogP contribution in [-0.2, 0) is 6.18 Å². The van der Waals surface area contributed by atoms with E-state index in [-0.39, 0.29) is 17.7 Å². The van der Waals surface area contributed by atoms with E-state index in [4.69, 9.17) is 5.73 Å². The van der Waals surface area contributed by atoms with Crippen molar-refractivity contribution in [2.75, 3.05) is 6.54 Å². The van der Waals surface area contributed by atoms with E-state index in [1.807, 2.05) is 0 Å². The number of nitrogens with one attached hydrogen (secondary N) is 1. The number of alkyl halides is 3. The van der Waals surface area contributed by atoms with E-state index in [1.54, 1.807) is 0 Å². The average molecular weight is 301 g/mol. The summed E-state index contributed by atoms with van der Waals surface area (Å²) in [6, 6.07) is 2.01. The molecule has 1 aromatic rings. The Morgan fingerprint density at radius 3 is 2.62 bits per heavy atom. The van der Waals surface area contributed by atoms with E-state index in [1.165, 1.54) is 0 Å². The zero-order valence-corrected chi connectivity index (χ0v) is 11.5. The molecule has 0 bridgehead atoms. The number of carbonyl (C=O) groups excluding carboxylic acids is 1. The molecule has 1 amide bonds. The van der Waals surface area contributed by atoms with Gasteiger partial charge < -0.3 is 11.1 Å². The molecule has 116 valence electrons. The van der Waals surface area contributed by atoms with Crippen LogP contribution < -0.4 is 11.1 Å². The molecule has 0 spiro atoms. The molecular formula is C14H18F3N3O. The zero-order chi connectivity index (χ0) is 15.5. The molecule has 1 fully saturated rings. The number of nitrogens with zero attached hydrogens (tertiary/aromatic N) is 1. The van der Waals surface area contributed by atoms with E-state index >= 15 is 0 Å². The molecule has 0 aliphatic heterocycles. The van der Waals surface area contributed by atoms with Gasteiger partial charge in [0.25, 0.3) is 5.91 Å². The van der Waals surface area contributed by atoms with E-state index in [0.717, 1.165) is 37.8 Å². The minimum atomic E-state index is -4.45. The Balaban J connectivity index is 1.91. The molecule has 0 aromatic carbocycles. The molecule has 1 saturated carbocycles. The van der Waals surface area contributed by atoms with Crippen LogP contribution in [0.25, 0.3) is 0 Å². The molecule has 21 heavy (non-hydrogen) atoms. The predicted octanol–water partition coefficient (Wildman–Crippen LogP) is 2.35. The van der Waals surface area contributed by atoms with Crippen molar-refractivity contribution in [2.24, 2.45) is 11.7 Å². The van der Waals surface area contributed by atoms with Gasteiger partial charge in [-0.1, -0.05) is 12.8 Å². The Morgan fingerprint density at radius 2 is 2.05 bits per heavy atom. The molecule has 4 nitrogen and oxygen atoms in total. The van der Waals surface area contributed by atoms with Gasteiger partial charge in [0.1, 0.15) is 5.69 Å². The van der Waals surface area contributed by atoms with Crippen LogP contribution in [0.4, 0.5) is 13.2 Å². The number of amides is 1. The Bertz CT molecular complexity index is 487. The summed E-state index contributed by atoms with van der Waals surface area (Å²) >= 11 is 0. The van der Waals surface area contributed by atoms with E-state index in [9.17, 15) is 18.0 Å². The number of aromatic nitrogens is 1. The third-order valence-electron chi connectivity index (χ3n) is 3.82. The van der Waals surface area contributed by atoms with Crippen molar-refractivity contribution in [3.8, 4) is 0 Å². The van der Waals surface area contributed by atoms with E-state index in [0.29, 0.717) is 12.7 Å². The van der Waals surface area contributed by atoms with Crippen LogP contribution in [0.1, 0.15) is 41.7 Å². The van der Waals surface area contributed by atoms with Crippen molar-refractivity contribution in [3.63, 3.8) is 0 Å². The third-order valence-corrected chi connectivity index (χ3v) is 3.82. The van der Waals surface area contributed by atoms with Crippen molar-refractivity contribution in [3.05, 3.63) is 29.6 Å². The summed E-state index contributed by atoms with van der Waals surface area (Å²) in [5.41, 5.74) is 5.09. The predicted molar refractivity (Wildman–Crippen MR) is 71.5 cm³/mol. The number of nitrogens with two attached hydrogens (primary N) is 1. The highest BCUT2D eigenvalue weighted by Crippen LogP contribution is 2.28. The van der Waals surface area contributed by atoms with Crippen LogP contribution in [0.3, 0.4) is 0 Å². The van der Waals surface area contributed by atoms with Gasteiger partial charge in [0.15, 0.2) is 0 Å². The highest BCUT2D eigenvalue weighted by atomic mass is 19.4. The fourth-order valence-corrected chi connectivity index (χ4v) is 2.50. The molecule has 2 unspecified atom stereocenters. The number of hydrogen-bond acceptors (Lipinski definition) is 3. The first-order valence-corrected chi connectivity index (χ1v) is 6.95. The minimum Gasteiger partial charge on any atom is -0.350 e. The third kappa shape index (κ3) is 4.17. The second kappa shape index (κ2) is 6.43. The highest BCUT2D eigenvalue weighted by Gasteiger charge is 2.31. The van der Waals surface area contributed by atoms with Crippen LogP contribution >= 0.6 is 0 Å². The lowest BCUT2D eigenvalue weighted by atomic mass is 9.85.